The molecule has 0 saturated carbocycles. The molecule has 0 fully saturated rings. The Morgan fingerprint density at radius 2 is 2.00 bits per heavy atom. The van der Waals surface area contributed by atoms with E-state index in [0.29, 0.717) is 5.56 Å². The maximum Gasteiger partial charge on any atom is 0.305 e. The topological polar surface area (TPSA) is 43.4 Å². The quantitative estimate of drug-likeness (QED) is 0.631. The van der Waals surface area contributed by atoms with Crippen LogP contribution in [0.4, 0.5) is 0 Å². The van der Waals surface area contributed by atoms with Crippen molar-refractivity contribution in [3.63, 3.8) is 0 Å². The molecule has 0 aliphatic heterocycles. The second kappa shape index (κ2) is 5.80. The first kappa shape index (κ1) is 12.9. The molecule has 0 aliphatic carbocycles. The molecule has 0 aliphatic rings. The number of ether oxygens (including phenoxy) is 1. The van der Waals surface area contributed by atoms with Crippen LogP contribution < -0.4 is 0 Å². The summed E-state index contributed by atoms with van der Waals surface area (Å²) in [7, 11) is 1.32. The minimum absolute atomic E-state index is 0.0378. The van der Waals surface area contributed by atoms with E-state index in [1.54, 1.807) is 6.07 Å². The van der Waals surface area contributed by atoms with E-state index in [9.17, 15) is 9.59 Å². The predicted octanol–water partition coefficient (Wildman–Crippen LogP) is 2.89. The summed E-state index contributed by atoms with van der Waals surface area (Å²) in [6.07, 6.45) is 0.311. The minimum Gasteiger partial charge on any atom is -0.469 e. The van der Waals surface area contributed by atoms with Gasteiger partial charge in [-0.1, -0.05) is 22.0 Å². The van der Waals surface area contributed by atoms with Crippen LogP contribution in [0.15, 0.2) is 22.7 Å². The van der Waals surface area contributed by atoms with Crippen molar-refractivity contribution in [2.45, 2.75) is 19.8 Å². The maximum absolute atomic E-state index is 11.8. The van der Waals surface area contributed by atoms with Crippen molar-refractivity contribution in [1.29, 1.82) is 0 Å². The highest BCUT2D eigenvalue weighted by Gasteiger charge is 2.11. The molecule has 0 unspecified atom stereocenters. The first-order valence-corrected chi connectivity index (χ1v) is 5.70. The SMILES string of the molecule is COC(=O)CCC(=O)c1cc(Br)ccc1C. The van der Waals surface area contributed by atoms with Crippen LogP contribution in [0.1, 0.15) is 28.8 Å². The average molecular weight is 285 g/mol. The van der Waals surface area contributed by atoms with Gasteiger partial charge in [-0.15, -0.1) is 0 Å². The molecule has 0 heterocycles. The number of methoxy groups -OCH3 is 1. The summed E-state index contributed by atoms with van der Waals surface area (Å²) in [5.74, 6) is -0.398. The van der Waals surface area contributed by atoms with E-state index in [-0.39, 0.29) is 24.6 Å². The Hall–Kier alpha value is -1.16. The third-order valence-corrected chi connectivity index (χ3v) is 2.78. The molecule has 1 aromatic rings. The van der Waals surface area contributed by atoms with Crippen molar-refractivity contribution in [2.24, 2.45) is 0 Å². The number of ketones is 1. The number of carbonyl (C=O) groups excluding carboxylic acids is 2. The summed E-state index contributed by atoms with van der Waals surface area (Å²) in [5, 5.41) is 0. The maximum atomic E-state index is 11.8. The Kier molecular flexibility index (Phi) is 4.68. The summed E-state index contributed by atoms with van der Waals surface area (Å²) in [4.78, 5) is 22.7. The van der Waals surface area contributed by atoms with Gasteiger partial charge in [-0.05, 0) is 24.6 Å². The molecule has 0 bridgehead atoms. The molecule has 1 aromatic carbocycles. The fraction of sp³-hybridized carbons (Fsp3) is 0.333. The van der Waals surface area contributed by atoms with Gasteiger partial charge in [0.2, 0.25) is 0 Å². The largest absolute Gasteiger partial charge is 0.469 e. The van der Waals surface area contributed by atoms with Crippen LogP contribution in [-0.2, 0) is 9.53 Å². The minimum atomic E-state index is -0.360. The van der Waals surface area contributed by atoms with Gasteiger partial charge in [-0.2, -0.15) is 0 Å². The molecule has 1 rings (SSSR count). The smallest absolute Gasteiger partial charge is 0.305 e. The third-order valence-electron chi connectivity index (χ3n) is 2.28. The van der Waals surface area contributed by atoms with Crippen LogP contribution in [0.5, 0.6) is 0 Å². The van der Waals surface area contributed by atoms with Crippen molar-refractivity contribution < 1.29 is 14.3 Å². The van der Waals surface area contributed by atoms with Gasteiger partial charge in [0.25, 0.3) is 0 Å². The molecule has 4 heteroatoms. The van der Waals surface area contributed by atoms with Crippen molar-refractivity contribution in [2.75, 3.05) is 7.11 Å². The summed E-state index contributed by atoms with van der Waals surface area (Å²) < 4.78 is 5.35. The Labute approximate surface area is 103 Å². The highest BCUT2D eigenvalue weighted by atomic mass is 79.9. The molecule has 0 radical (unpaired) electrons. The lowest BCUT2D eigenvalue weighted by Crippen LogP contribution is -2.07. The van der Waals surface area contributed by atoms with Gasteiger partial charge < -0.3 is 4.74 Å². The lowest BCUT2D eigenvalue weighted by molar-refractivity contribution is -0.140. The van der Waals surface area contributed by atoms with Gasteiger partial charge >= 0.3 is 5.97 Å². The van der Waals surface area contributed by atoms with E-state index in [1.807, 2.05) is 19.1 Å². The molecule has 86 valence electrons. The van der Waals surface area contributed by atoms with E-state index < -0.39 is 0 Å². The molecule has 16 heavy (non-hydrogen) atoms. The molecular weight excluding hydrogens is 272 g/mol. The first-order chi connectivity index (χ1) is 7.54. The second-order valence-electron chi connectivity index (χ2n) is 3.46. The zero-order valence-corrected chi connectivity index (χ0v) is 10.8. The monoisotopic (exact) mass is 284 g/mol. The van der Waals surface area contributed by atoms with E-state index in [0.717, 1.165) is 10.0 Å². The second-order valence-corrected chi connectivity index (χ2v) is 4.37. The van der Waals surface area contributed by atoms with Crippen molar-refractivity contribution >= 4 is 27.7 Å². The number of benzene rings is 1. The highest BCUT2D eigenvalue weighted by Crippen LogP contribution is 2.18. The van der Waals surface area contributed by atoms with Crippen molar-refractivity contribution in [1.82, 2.24) is 0 Å². The normalized spacial score (nSPS) is 9.94. The molecule has 0 aromatic heterocycles. The van der Waals surface area contributed by atoms with Crippen LogP contribution in [-0.4, -0.2) is 18.9 Å². The number of rotatable bonds is 4. The fourth-order valence-corrected chi connectivity index (χ4v) is 1.71. The predicted molar refractivity (Wildman–Crippen MR) is 64.5 cm³/mol. The lowest BCUT2D eigenvalue weighted by Gasteiger charge is -2.05. The molecule has 3 nitrogen and oxygen atoms in total. The van der Waals surface area contributed by atoms with E-state index in [4.69, 9.17) is 0 Å². The summed E-state index contributed by atoms with van der Waals surface area (Å²) in [6.45, 7) is 1.87. The van der Waals surface area contributed by atoms with Gasteiger partial charge in [0, 0.05) is 16.5 Å². The van der Waals surface area contributed by atoms with Crippen LogP contribution in [0, 0.1) is 6.92 Å². The van der Waals surface area contributed by atoms with Crippen LogP contribution in [0.25, 0.3) is 0 Å². The summed E-state index contributed by atoms with van der Waals surface area (Å²) >= 11 is 3.31. The molecular formula is C12H13BrO3. The third kappa shape index (κ3) is 3.45. The zero-order valence-electron chi connectivity index (χ0n) is 9.25. The molecule has 0 N–H and O–H groups in total. The van der Waals surface area contributed by atoms with Crippen LogP contribution in [0.2, 0.25) is 0 Å². The number of hydrogen-bond donors (Lipinski definition) is 0. The Morgan fingerprint density at radius 3 is 2.62 bits per heavy atom. The Balaban J connectivity index is 2.73. The van der Waals surface area contributed by atoms with Gasteiger partial charge in [0.05, 0.1) is 13.5 Å². The van der Waals surface area contributed by atoms with Crippen LogP contribution >= 0.6 is 15.9 Å². The zero-order chi connectivity index (χ0) is 12.1. The summed E-state index contributed by atoms with van der Waals surface area (Å²) in [6, 6.07) is 5.52. The van der Waals surface area contributed by atoms with E-state index in [1.165, 1.54) is 7.11 Å². The number of esters is 1. The van der Waals surface area contributed by atoms with E-state index in [2.05, 4.69) is 20.7 Å². The van der Waals surface area contributed by atoms with Crippen molar-refractivity contribution in [3.8, 4) is 0 Å². The first-order valence-electron chi connectivity index (χ1n) is 4.90. The van der Waals surface area contributed by atoms with Gasteiger partial charge in [0.15, 0.2) is 5.78 Å². The van der Waals surface area contributed by atoms with Crippen molar-refractivity contribution in [3.05, 3.63) is 33.8 Å². The van der Waals surface area contributed by atoms with Crippen LogP contribution in [0.3, 0.4) is 0 Å². The highest BCUT2D eigenvalue weighted by molar-refractivity contribution is 9.10. The molecule has 0 saturated heterocycles. The lowest BCUT2D eigenvalue weighted by atomic mass is 10.0. The number of aryl methyl sites for hydroxylation is 1. The van der Waals surface area contributed by atoms with E-state index >= 15 is 0 Å². The van der Waals surface area contributed by atoms with Gasteiger partial charge in [-0.25, -0.2) is 0 Å². The van der Waals surface area contributed by atoms with Gasteiger partial charge in [-0.3, -0.25) is 9.59 Å². The van der Waals surface area contributed by atoms with Gasteiger partial charge in [0.1, 0.15) is 0 Å². The molecule has 0 amide bonds. The number of carbonyl (C=O) groups is 2. The standard InChI is InChI=1S/C12H13BrO3/c1-8-3-4-9(13)7-10(8)11(14)5-6-12(15)16-2/h3-4,7H,5-6H2,1-2H3. The number of Topliss-reactive ketones (excluding diaryl/α,β-unsaturated/α-hetero) is 1. The number of hydrogen-bond acceptors (Lipinski definition) is 3. The molecule has 0 spiro atoms. The number of halogens is 1. The molecule has 0 atom stereocenters. The summed E-state index contributed by atoms with van der Waals surface area (Å²) in [5.41, 5.74) is 1.57. The Morgan fingerprint density at radius 1 is 1.31 bits per heavy atom. The average Bonchev–Trinajstić information content (AvgIpc) is 2.28. The fourth-order valence-electron chi connectivity index (χ4n) is 1.35. The Bertz CT molecular complexity index is 413.